The minimum absolute atomic E-state index is 0.583. The maximum absolute atomic E-state index is 5.47. The van der Waals surface area contributed by atoms with E-state index in [-0.39, 0.29) is 0 Å². The van der Waals surface area contributed by atoms with Crippen molar-refractivity contribution in [2.45, 2.75) is 19.8 Å². The molecule has 2 heteroatoms. The van der Waals surface area contributed by atoms with Crippen molar-refractivity contribution in [2.24, 2.45) is 0 Å². The molecule has 1 heterocycles. The van der Waals surface area contributed by atoms with Crippen molar-refractivity contribution in [3.8, 4) is 5.75 Å². The zero-order chi connectivity index (χ0) is 9.42. The fourth-order valence-electron chi connectivity index (χ4n) is 1.55. The highest BCUT2D eigenvalue weighted by Crippen LogP contribution is 2.35. The minimum atomic E-state index is 0.583. The van der Waals surface area contributed by atoms with Gasteiger partial charge in [-0.05, 0) is 23.6 Å². The van der Waals surface area contributed by atoms with E-state index in [0.717, 1.165) is 5.75 Å². The lowest BCUT2D eigenvalue weighted by atomic mass is 10.0. The molecule has 0 amide bonds. The number of benzene rings is 1. The summed E-state index contributed by atoms with van der Waals surface area (Å²) in [5.74, 6) is 1.59. The second-order valence-corrected chi connectivity index (χ2v) is 3.85. The van der Waals surface area contributed by atoms with Gasteiger partial charge in [-0.2, -0.15) is 0 Å². The van der Waals surface area contributed by atoms with Gasteiger partial charge in [0.2, 0.25) is 0 Å². The Labute approximate surface area is 79.1 Å². The monoisotopic (exact) mass is 177 g/mol. The molecule has 1 aliphatic rings. The zero-order valence-electron chi connectivity index (χ0n) is 8.37. The number of anilines is 1. The molecule has 0 atom stereocenters. The van der Waals surface area contributed by atoms with E-state index < -0.39 is 0 Å². The molecule has 0 spiro atoms. The van der Waals surface area contributed by atoms with Gasteiger partial charge in [0.25, 0.3) is 0 Å². The smallest absolute Gasteiger partial charge is 0.161 e. The molecule has 0 aromatic heterocycles. The number of hydrogen-bond acceptors (Lipinski definition) is 2. The molecule has 0 saturated heterocycles. The molecule has 0 fully saturated rings. The first kappa shape index (κ1) is 8.42. The van der Waals surface area contributed by atoms with Crippen molar-refractivity contribution in [1.29, 1.82) is 0 Å². The van der Waals surface area contributed by atoms with Crippen molar-refractivity contribution in [3.05, 3.63) is 23.8 Å². The van der Waals surface area contributed by atoms with Crippen molar-refractivity contribution in [3.63, 3.8) is 0 Å². The third kappa shape index (κ3) is 1.37. The second kappa shape index (κ2) is 2.95. The number of nitrogens with zero attached hydrogens (tertiary/aromatic N) is 1. The molecule has 1 aromatic carbocycles. The van der Waals surface area contributed by atoms with Crippen LogP contribution >= 0.6 is 0 Å². The molecular weight excluding hydrogens is 162 g/mol. The van der Waals surface area contributed by atoms with Crippen LogP contribution < -0.4 is 9.64 Å². The average Bonchev–Trinajstić information content (AvgIpc) is 2.47. The van der Waals surface area contributed by atoms with Gasteiger partial charge in [0.15, 0.2) is 6.73 Å². The number of rotatable bonds is 1. The van der Waals surface area contributed by atoms with Gasteiger partial charge >= 0.3 is 0 Å². The molecule has 13 heavy (non-hydrogen) atoms. The van der Waals surface area contributed by atoms with Crippen LogP contribution in [0, 0.1) is 0 Å². The summed E-state index contributed by atoms with van der Waals surface area (Å²) in [7, 11) is 2.05. The van der Waals surface area contributed by atoms with Gasteiger partial charge < -0.3 is 9.64 Å². The van der Waals surface area contributed by atoms with Crippen LogP contribution in [0.2, 0.25) is 0 Å². The van der Waals surface area contributed by atoms with Crippen LogP contribution in [0.4, 0.5) is 5.69 Å². The fourth-order valence-corrected chi connectivity index (χ4v) is 1.55. The summed E-state index contributed by atoms with van der Waals surface area (Å²) in [6, 6.07) is 6.42. The molecule has 2 rings (SSSR count). The van der Waals surface area contributed by atoms with Gasteiger partial charge in [0.1, 0.15) is 5.75 Å². The van der Waals surface area contributed by atoms with Crippen LogP contribution in [0.15, 0.2) is 18.2 Å². The maximum Gasteiger partial charge on any atom is 0.161 e. The van der Waals surface area contributed by atoms with Crippen LogP contribution in [0.1, 0.15) is 25.3 Å². The van der Waals surface area contributed by atoms with E-state index in [9.17, 15) is 0 Å². The molecule has 0 unspecified atom stereocenters. The Hall–Kier alpha value is -1.18. The quantitative estimate of drug-likeness (QED) is 0.653. The van der Waals surface area contributed by atoms with Crippen LogP contribution in [0.3, 0.4) is 0 Å². The van der Waals surface area contributed by atoms with E-state index >= 15 is 0 Å². The second-order valence-electron chi connectivity index (χ2n) is 3.85. The van der Waals surface area contributed by atoms with Gasteiger partial charge in [-0.15, -0.1) is 0 Å². The Balaban J connectivity index is 2.42. The van der Waals surface area contributed by atoms with Crippen molar-refractivity contribution in [1.82, 2.24) is 0 Å². The van der Waals surface area contributed by atoms with E-state index in [1.807, 2.05) is 0 Å². The van der Waals surface area contributed by atoms with Crippen molar-refractivity contribution >= 4 is 5.69 Å². The number of fused-ring (bicyclic) bond motifs is 1. The standard InChI is InChI=1S/C11H15NO/c1-8(2)9-4-5-11-10(6-9)12(3)7-13-11/h4-6,8H,7H2,1-3H3. The van der Waals surface area contributed by atoms with Gasteiger partial charge in [-0.25, -0.2) is 0 Å². The van der Waals surface area contributed by atoms with Gasteiger partial charge in [-0.1, -0.05) is 19.9 Å². The summed E-state index contributed by atoms with van der Waals surface area (Å²) in [5, 5.41) is 0. The molecule has 0 aliphatic carbocycles. The highest BCUT2D eigenvalue weighted by atomic mass is 16.5. The Kier molecular flexibility index (Phi) is 1.91. The highest BCUT2D eigenvalue weighted by Gasteiger charge is 2.17. The van der Waals surface area contributed by atoms with Crippen molar-refractivity contribution < 1.29 is 4.74 Å². The van der Waals surface area contributed by atoms with Gasteiger partial charge in [0.05, 0.1) is 5.69 Å². The van der Waals surface area contributed by atoms with E-state index in [2.05, 4.69) is 44.0 Å². The normalized spacial score (nSPS) is 14.6. The molecule has 0 radical (unpaired) electrons. The Morgan fingerprint density at radius 2 is 2.15 bits per heavy atom. The molecular formula is C11H15NO. The molecule has 0 saturated carbocycles. The summed E-state index contributed by atoms with van der Waals surface area (Å²) in [6.45, 7) is 5.09. The Morgan fingerprint density at radius 1 is 1.38 bits per heavy atom. The topological polar surface area (TPSA) is 12.5 Å². The maximum atomic E-state index is 5.47. The molecule has 70 valence electrons. The van der Waals surface area contributed by atoms with Crippen LogP contribution in [-0.4, -0.2) is 13.8 Å². The molecule has 1 aromatic rings. The summed E-state index contributed by atoms with van der Waals surface area (Å²) in [6.07, 6.45) is 0. The minimum Gasteiger partial charge on any atom is -0.471 e. The van der Waals surface area contributed by atoms with Gasteiger partial charge in [-0.3, -0.25) is 0 Å². The summed E-state index contributed by atoms with van der Waals surface area (Å²) >= 11 is 0. The third-order valence-electron chi connectivity index (χ3n) is 2.47. The first-order valence-corrected chi connectivity index (χ1v) is 4.66. The zero-order valence-corrected chi connectivity index (χ0v) is 8.37. The summed E-state index contributed by atoms with van der Waals surface area (Å²) in [4.78, 5) is 2.13. The highest BCUT2D eigenvalue weighted by molar-refractivity contribution is 5.62. The Morgan fingerprint density at radius 3 is 2.85 bits per heavy atom. The summed E-state index contributed by atoms with van der Waals surface area (Å²) in [5.41, 5.74) is 2.59. The Bertz CT molecular complexity index is 320. The fraction of sp³-hybridized carbons (Fsp3) is 0.455. The predicted molar refractivity (Wildman–Crippen MR) is 54.4 cm³/mol. The predicted octanol–water partition coefficient (Wildman–Crippen LogP) is 2.60. The van der Waals surface area contributed by atoms with Crippen LogP contribution in [-0.2, 0) is 0 Å². The lowest BCUT2D eigenvalue weighted by Gasteiger charge is -2.10. The molecule has 1 aliphatic heterocycles. The van der Waals surface area contributed by atoms with Gasteiger partial charge in [0, 0.05) is 7.05 Å². The van der Waals surface area contributed by atoms with Crippen LogP contribution in [0.25, 0.3) is 0 Å². The average molecular weight is 177 g/mol. The molecule has 0 N–H and O–H groups in total. The van der Waals surface area contributed by atoms with E-state index in [4.69, 9.17) is 4.74 Å². The van der Waals surface area contributed by atoms with E-state index in [1.54, 1.807) is 0 Å². The number of ether oxygens (including phenoxy) is 1. The van der Waals surface area contributed by atoms with Crippen LogP contribution in [0.5, 0.6) is 5.75 Å². The third-order valence-corrected chi connectivity index (χ3v) is 2.47. The van der Waals surface area contributed by atoms with E-state index in [0.29, 0.717) is 12.6 Å². The molecule has 2 nitrogen and oxygen atoms in total. The lowest BCUT2D eigenvalue weighted by molar-refractivity contribution is 0.353. The first-order chi connectivity index (χ1) is 6.18. The number of hydrogen-bond donors (Lipinski definition) is 0. The SMILES string of the molecule is CC(C)c1ccc2c(c1)N(C)CO2. The first-order valence-electron chi connectivity index (χ1n) is 4.66. The largest absolute Gasteiger partial charge is 0.471 e. The van der Waals surface area contributed by atoms with E-state index in [1.165, 1.54) is 11.3 Å². The molecule has 0 bridgehead atoms. The van der Waals surface area contributed by atoms with Crippen molar-refractivity contribution in [2.75, 3.05) is 18.7 Å². The lowest BCUT2D eigenvalue weighted by Crippen LogP contribution is -2.14. The summed E-state index contributed by atoms with van der Waals surface area (Å²) < 4.78 is 5.47.